The molecule has 1 aliphatic heterocycles. The van der Waals surface area contributed by atoms with Crippen molar-refractivity contribution in [2.24, 2.45) is 5.73 Å². The summed E-state index contributed by atoms with van der Waals surface area (Å²) in [6.45, 7) is 1.43. The van der Waals surface area contributed by atoms with E-state index >= 15 is 0 Å². The highest BCUT2D eigenvalue weighted by Crippen LogP contribution is 2.17. The zero-order valence-electron chi connectivity index (χ0n) is 10.1. The van der Waals surface area contributed by atoms with Gasteiger partial charge in [-0.05, 0) is 59.7 Å². The van der Waals surface area contributed by atoms with E-state index in [2.05, 4.69) is 22.6 Å². The highest BCUT2D eigenvalue weighted by atomic mass is 127. The summed E-state index contributed by atoms with van der Waals surface area (Å²) in [7, 11) is 0. The summed E-state index contributed by atoms with van der Waals surface area (Å²) in [6.07, 6.45) is 2.04. The van der Waals surface area contributed by atoms with Gasteiger partial charge in [-0.1, -0.05) is 0 Å². The summed E-state index contributed by atoms with van der Waals surface area (Å²) < 4.78 is 6.64. The van der Waals surface area contributed by atoms with Gasteiger partial charge in [0.15, 0.2) is 6.61 Å². The lowest BCUT2D eigenvalue weighted by Gasteiger charge is -2.23. The van der Waals surface area contributed by atoms with E-state index in [-0.39, 0.29) is 18.6 Å². The molecule has 0 aromatic heterocycles. The number of halogens is 1. The molecule has 0 radical (unpaired) electrons. The van der Waals surface area contributed by atoms with Gasteiger partial charge >= 0.3 is 0 Å². The van der Waals surface area contributed by atoms with Crippen LogP contribution in [0, 0.1) is 3.57 Å². The first-order chi connectivity index (χ1) is 8.70. The summed E-state index contributed by atoms with van der Waals surface area (Å²) in [5, 5.41) is 0. The molecular weight excluding hydrogens is 343 g/mol. The average molecular weight is 360 g/mol. The Morgan fingerprint density at radius 2 is 2.17 bits per heavy atom. The minimum absolute atomic E-state index is 0.0292. The molecule has 1 atom stereocenters. The van der Waals surface area contributed by atoms with E-state index in [9.17, 15) is 4.79 Å². The number of likely N-dealkylation sites (tertiary alicyclic amines) is 1. The predicted octanol–water partition coefficient (Wildman–Crippen LogP) is 1.62. The number of nitrogens with zero attached hydrogens (tertiary/aromatic N) is 1. The van der Waals surface area contributed by atoms with Crippen LogP contribution in [0.3, 0.4) is 0 Å². The Morgan fingerprint density at radius 1 is 1.44 bits per heavy atom. The Labute approximate surface area is 121 Å². The van der Waals surface area contributed by atoms with Gasteiger partial charge in [0.25, 0.3) is 5.91 Å². The van der Waals surface area contributed by atoms with Crippen LogP contribution in [-0.2, 0) is 4.79 Å². The molecule has 2 N–H and O–H groups in total. The third-order valence-electron chi connectivity index (χ3n) is 3.15. The number of nitrogens with two attached hydrogens (primary N) is 1. The Bertz CT molecular complexity index is 408. The number of carbonyl (C=O) groups excluding carboxylic acids is 1. The molecule has 0 bridgehead atoms. The standard InChI is InChI=1S/C13H17IN2O2/c14-10-3-5-12(6-4-10)18-9-13(17)16-7-1-2-11(16)8-15/h3-6,11H,1-2,7-9,15H2. The summed E-state index contributed by atoms with van der Waals surface area (Å²) in [5.41, 5.74) is 5.65. The summed E-state index contributed by atoms with van der Waals surface area (Å²) in [5.74, 6) is 0.758. The van der Waals surface area contributed by atoms with Gasteiger partial charge in [-0.15, -0.1) is 0 Å². The maximum absolute atomic E-state index is 12.0. The second-order valence-electron chi connectivity index (χ2n) is 4.36. The van der Waals surface area contributed by atoms with E-state index in [0.717, 1.165) is 28.7 Å². The lowest BCUT2D eigenvalue weighted by atomic mass is 10.2. The fourth-order valence-electron chi connectivity index (χ4n) is 2.17. The largest absolute Gasteiger partial charge is 0.484 e. The molecule has 1 saturated heterocycles. The number of amides is 1. The maximum Gasteiger partial charge on any atom is 0.260 e. The number of benzene rings is 1. The fraction of sp³-hybridized carbons (Fsp3) is 0.462. The van der Waals surface area contributed by atoms with Crippen LogP contribution >= 0.6 is 22.6 Å². The quantitative estimate of drug-likeness (QED) is 0.831. The van der Waals surface area contributed by atoms with E-state index in [4.69, 9.17) is 10.5 Å². The zero-order chi connectivity index (χ0) is 13.0. The highest BCUT2D eigenvalue weighted by molar-refractivity contribution is 14.1. The van der Waals surface area contributed by atoms with Crippen LogP contribution in [0.5, 0.6) is 5.75 Å². The number of rotatable bonds is 4. The third-order valence-corrected chi connectivity index (χ3v) is 3.86. The minimum Gasteiger partial charge on any atom is -0.484 e. The van der Waals surface area contributed by atoms with Gasteiger partial charge in [-0.25, -0.2) is 0 Å². The molecule has 1 aromatic carbocycles. The van der Waals surface area contributed by atoms with E-state index in [0.29, 0.717) is 6.54 Å². The lowest BCUT2D eigenvalue weighted by molar-refractivity contribution is -0.134. The maximum atomic E-state index is 12.0. The van der Waals surface area contributed by atoms with Crippen LogP contribution in [0.25, 0.3) is 0 Å². The van der Waals surface area contributed by atoms with E-state index < -0.39 is 0 Å². The molecule has 5 heteroatoms. The first-order valence-corrected chi connectivity index (χ1v) is 7.16. The molecule has 2 rings (SSSR count). The Morgan fingerprint density at radius 3 is 2.83 bits per heavy atom. The van der Waals surface area contributed by atoms with Crippen LogP contribution < -0.4 is 10.5 Å². The van der Waals surface area contributed by atoms with Gasteiger partial charge in [0.1, 0.15) is 5.75 Å². The molecule has 1 aliphatic rings. The zero-order valence-corrected chi connectivity index (χ0v) is 12.3. The van der Waals surface area contributed by atoms with Crippen LogP contribution in [0.2, 0.25) is 0 Å². The van der Waals surface area contributed by atoms with Crippen LogP contribution in [0.15, 0.2) is 24.3 Å². The molecule has 1 heterocycles. The van der Waals surface area contributed by atoms with Crippen molar-refractivity contribution in [3.05, 3.63) is 27.8 Å². The van der Waals surface area contributed by atoms with Gasteiger partial charge < -0.3 is 15.4 Å². The Balaban J connectivity index is 1.86. The van der Waals surface area contributed by atoms with Crippen molar-refractivity contribution in [1.29, 1.82) is 0 Å². The van der Waals surface area contributed by atoms with Gasteiger partial charge in [0.2, 0.25) is 0 Å². The second kappa shape index (κ2) is 6.38. The molecule has 1 aromatic rings. The van der Waals surface area contributed by atoms with Crippen molar-refractivity contribution in [3.63, 3.8) is 0 Å². The highest BCUT2D eigenvalue weighted by Gasteiger charge is 2.27. The average Bonchev–Trinajstić information content (AvgIpc) is 2.86. The second-order valence-corrected chi connectivity index (χ2v) is 5.61. The molecule has 1 unspecified atom stereocenters. The molecule has 0 saturated carbocycles. The smallest absolute Gasteiger partial charge is 0.260 e. The van der Waals surface area contributed by atoms with Crippen molar-refractivity contribution >= 4 is 28.5 Å². The number of carbonyl (C=O) groups is 1. The fourth-order valence-corrected chi connectivity index (χ4v) is 2.53. The summed E-state index contributed by atoms with van der Waals surface area (Å²) in [6, 6.07) is 7.86. The molecule has 1 fully saturated rings. The van der Waals surface area contributed by atoms with Crippen molar-refractivity contribution in [1.82, 2.24) is 4.90 Å². The number of hydrogen-bond donors (Lipinski definition) is 1. The van der Waals surface area contributed by atoms with Crippen LogP contribution in [-0.4, -0.2) is 36.5 Å². The Kier molecular flexibility index (Phi) is 4.82. The molecular formula is C13H17IN2O2. The van der Waals surface area contributed by atoms with Crippen molar-refractivity contribution in [2.75, 3.05) is 19.7 Å². The SMILES string of the molecule is NCC1CCCN1C(=O)COc1ccc(I)cc1. The molecule has 0 spiro atoms. The number of hydrogen-bond acceptors (Lipinski definition) is 3. The van der Waals surface area contributed by atoms with E-state index in [1.807, 2.05) is 29.2 Å². The molecule has 98 valence electrons. The van der Waals surface area contributed by atoms with E-state index in [1.165, 1.54) is 0 Å². The number of ether oxygens (including phenoxy) is 1. The third kappa shape index (κ3) is 3.35. The monoisotopic (exact) mass is 360 g/mol. The first-order valence-electron chi connectivity index (χ1n) is 6.08. The van der Waals surface area contributed by atoms with Gasteiger partial charge in [-0.3, -0.25) is 4.79 Å². The van der Waals surface area contributed by atoms with Gasteiger partial charge in [0.05, 0.1) is 0 Å². The van der Waals surface area contributed by atoms with Crippen molar-refractivity contribution in [2.45, 2.75) is 18.9 Å². The summed E-state index contributed by atoms with van der Waals surface area (Å²) >= 11 is 2.23. The van der Waals surface area contributed by atoms with Crippen LogP contribution in [0.4, 0.5) is 0 Å². The molecule has 18 heavy (non-hydrogen) atoms. The van der Waals surface area contributed by atoms with Crippen molar-refractivity contribution in [3.8, 4) is 5.75 Å². The van der Waals surface area contributed by atoms with Crippen LogP contribution in [0.1, 0.15) is 12.8 Å². The van der Waals surface area contributed by atoms with E-state index in [1.54, 1.807) is 0 Å². The van der Waals surface area contributed by atoms with Gasteiger partial charge in [-0.2, -0.15) is 0 Å². The normalized spacial score (nSPS) is 19.0. The molecule has 1 amide bonds. The minimum atomic E-state index is 0.0292. The summed E-state index contributed by atoms with van der Waals surface area (Å²) in [4.78, 5) is 13.8. The Hall–Kier alpha value is -0.820. The van der Waals surface area contributed by atoms with Crippen molar-refractivity contribution < 1.29 is 9.53 Å². The lowest BCUT2D eigenvalue weighted by Crippen LogP contribution is -2.42. The predicted molar refractivity (Wildman–Crippen MR) is 78.4 cm³/mol. The van der Waals surface area contributed by atoms with Gasteiger partial charge in [0, 0.05) is 22.7 Å². The molecule has 4 nitrogen and oxygen atoms in total. The molecule has 0 aliphatic carbocycles. The first kappa shape index (κ1) is 13.6. The topological polar surface area (TPSA) is 55.6 Å².